The van der Waals surface area contributed by atoms with Crippen LogP contribution < -0.4 is 5.32 Å². The first-order valence-electron chi connectivity index (χ1n) is 9.31. The topological polar surface area (TPSA) is 49.4 Å². The lowest BCUT2D eigenvalue weighted by molar-refractivity contribution is -0.150. The number of piperazine rings is 1. The summed E-state index contributed by atoms with van der Waals surface area (Å²) in [6, 6.07) is 0.208. The van der Waals surface area contributed by atoms with E-state index >= 15 is 0 Å². The van der Waals surface area contributed by atoms with Gasteiger partial charge < -0.3 is 10.2 Å². The van der Waals surface area contributed by atoms with Gasteiger partial charge in [0.2, 0.25) is 0 Å². The molecule has 1 aliphatic heterocycles. The molecule has 1 atom stereocenters. The zero-order chi connectivity index (χ0) is 15.8. The van der Waals surface area contributed by atoms with E-state index < -0.39 is 5.91 Å². The van der Waals surface area contributed by atoms with Gasteiger partial charge in [-0.3, -0.25) is 9.59 Å². The molecule has 1 heterocycles. The summed E-state index contributed by atoms with van der Waals surface area (Å²) < 4.78 is 0. The van der Waals surface area contributed by atoms with Crippen molar-refractivity contribution < 1.29 is 9.59 Å². The quantitative estimate of drug-likeness (QED) is 0.553. The maximum absolute atomic E-state index is 12.1. The van der Waals surface area contributed by atoms with Crippen LogP contribution in [0.15, 0.2) is 0 Å². The van der Waals surface area contributed by atoms with Crippen LogP contribution in [0.3, 0.4) is 0 Å². The Morgan fingerprint density at radius 1 is 1.05 bits per heavy atom. The number of carbonyl (C=O) groups excluding carboxylic acids is 2. The average Bonchev–Trinajstić information content (AvgIpc) is 2.55. The zero-order valence-corrected chi connectivity index (χ0v) is 14.1. The first-order chi connectivity index (χ1) is 10.7. The Balaban J connectivity index is 1.73. The van der Waals surface area contributed by atoms with E-state index in [0.29, 0.717) is 6.54 Å². The van der Waals surface area contributed by atoms with E-state index in [4.69, 9.17) is 0 Å². The van der Waals surface area contributed by atoms with E-state index in [1.54, 1.807) is 0 Å². The molecule has 22 heavy (non-hydrogen) atoms. The highest BCUT2D eigenvalue weighted by Crippen LogP contribution is 2.27. The van der Waals surface area contributed by atoms with Crippen molar-refractivity contribution in [3.05, 3.63) is 0 Å². The summed E-state index contributed by atoms with van der Waals surface area (Å²) in [6.07, 6.45) is 13.8. The van der Waals surface area contributed by atoms with Gasteiger partial charge in [0.15, 0.2) is 0 Å². The average molecular weight is 308 g/mol. The lowest BCUT2D eigenvalue weighted by atomic mass is 9.86. The fourth-order valence-corrected chi connectivity index (χ4v) is 3.87. The summed E-state index contributed by atoms with van der Waals surface area (Å²) >= 11 is 0. The van der Waals surface area contributed by atoms with Gasteiger partial charge in [0.05, 0.1) is 0 Å². The van der Waals surface area contributed by atoms with E-state index in [0.717, 1.165) is 38.1 Å². The van der Waals surface area contributed by atoms with Gasteiger partial charge in [-0.15, -0.1) is 0 Å². The maximum Gasteiger partial charge on any atom is 0.312 e. The number of hydrogen-bond donors (Lipinski definition) is 1. The van der Waals surface area contributed by atoms with Gasteiger partial charge in [0, 0.05) is 19.1 Å². The second kappa shape index (κ2) is 9.16. The normalized spacial score (nSPS) is 23.7. The lowest BCUT2D eigenvalue weighted by Crippen LogP contribution is -2.58. The van der Waals surface area contributed by atoms with Crippen molar-refractivity contribution in [2.45, 2.75) is 83.6 Å². The molecule has 2 fully saturated rings. The Hall–Kier alpha value is -1.06. The number of unbranched alkanes of at least 4 members (excludes halogenated alkanes) is 2. The van der Waals surface area contributed by atoms with Crippen molar-refractivity contribution in [1.29, 1.82) is 0 Å². The third-order valence-corrected chi connectivity index (χ3v) is 5.27. The largest absolute Gasteiger partial charge is 0.346 e. The van der Waals surface area contributed by atoms with Crippen LogP contribution in [0.1, 0.15) is 77.6 Å². The molecule has 1 saturated carbocycles. The highest BCUT2D eigenvalue weighted by molar-refractivity contribution is 6.35. The first-order valence-corrected chi connectivity index (χ1v) is 9.31. The Morgan fingerprint density at radius 2 is 1.82 bits per heavy atom. The molecule has 126 valence electrons. The lowest BCUT2D eigenvalue weighted by Gasteiger charge is -2.35. The van der Waals surface area contributed by atoms with Gasteiger partial charge in [0.25, 0.3) is 0 Å². The Morgan fingerprint density at radius 3 is 2.55 bits per heavy atom. The van der Waals surface area contributed by atoms with Gasteiger partial charge in [-0.05, 0) is 18.8 Å². The van der Waals surface area contributed by atoms with E-state index in [2.05, 4.69) is 12.2 Å². The maximum atomic E-state index is 12.1. The molecule has 4 heteroatoms. The molecule has 1 N–H and O–H groups in total. The minimum Gasteiger partial charge on any atom is -0.346 e. The summed E-state index contributed by atoms with van der Waals surface area (Å²) in [4.78, 5) is 25.6. The van der Waals surface area contributed by atoms with E-state index in [1.807, 2.05) is 4.90 Å². The first kappa shape index (κ1) is 17.3. The minimum atomic E-state index is -0.417. The zero-order valence-electron chi connectivity index (χ0n) is 14.1. The summed E-state index contributed by atoms with van der Waals surface area (Å²) in [5.41, 5.74) is 0. The van der Waals surface area contributed by atoms with Crippen LogP contribution in [0, 0.1) is 5.92 Å². The van der Waals surface area contributed by atoms with Crippen LogP contribution in [0.5, 0.6) is 0 Å². The molecule has 0 spiro atoms. The number of carbonyl (C=O) groups is 2. The third-order valence-electron chi connectivity index (χ3n) is 5.27. The molecule has 2 amide bonds. The van der Waals surface area contributed by atoms with Gasteiger partial charge in [-0.1, -0.05) is 64.7 Å². The van der Waals surface area contributed by atoms with Crippen LogP contribution >= 0.6 is 0 Å². The predicted octanol–water partition coefficient (Wildman–Crippen LogP) is 3.25. The standard InChI is InChI=1S/C18H32N2O2/c1-2-3-12-16-14-19-17(21)18(22)20(16)13-8-7-11-15-9-5-4-6-10-15/h15-16H,2-14H2,1H3,(H,19,21)/t16-/m1/s1. The van der Waals surface area contributed by atoms with Crippen LogP contribution in [0.4, 0.5) is 0 Å². The molecular formula is C18H32N2O2. The van der Waals surface area contributed by atoms with Crippen molar-refractivity contribution in [3.63, 3.8) is 0 Å². The third kappa shape index (κ3) is 4.99. The summed E-state index contributed by atoms with van der Waals surface area (Å²) in [5, 5.41) is 2.73. The second-order valence-corrected chi connectivity index (χ2v) is 7.00. The van der Waals surface area contributed by atoms with Crippen molar-refractivity contribution >= 4 is 11.8 Å². The molecular weight excluding hydrogens is 276 g/mol. The molecule has 1 saturated heterocycles. The van der Waals surface area contributed by atoms with Crippen molar-refractivity contribution in [2.75, 3.05) is 13.1 Å². The Labute approximate surface area is 135 Å². The van der Waals surface area contributed by atoms with Crippen molar-refractivity contribution in [2.24, 2.45) is 5.92 Å². The summed E-state index contributed by atoms with van der Waals surface area (Å²) in [7, 11) is 0. The summed E-state index contributed by atoms with van der Waals surface area (Å²) in [5.74, 6) is 0.176. The molecule has 0 aromatic heterocycles. The summed E-state index contributed by atoms with van der Waals surface area (Å²) in [6.45, 7) is 3.55. The molecule has 0 radical (unpaired) electrons. The van der Waals surface area contributed by atoms with Crippen LogP contribution in [0.2, 0.25) is 0 Å². The van der Waals surface area contributed by atoms with Crippen molar-refractivity contribution in [3.8, 4) is 0 Å². The van der Waals surface area contributed by atoms with Crippen molar-refractivity contribution in [1.82, 2.24) is 10.2 Å². The highest BCUT2D eigenvalue weighted by Gasteiger charge is 2.32. The fourth-order valence-electron chi connectivity index (χ4n) is 3.87. The van der Waals surface area contributed by atoms with Gasteiger partial charge in [0.1, 0.15) is 0 Å². The van der Waals surface area contributed by atoms with Crippen LogP contribution in [-0.2, 0) is 9.59 Å². The van der Waals surface area contributed by atoms with Gasteiger partial charge in [-0.2, -0.15) is 0 Å². The Bertz CT molecular complexity index is 364. The highest BCUT2D eigenvalue weighted by atomic mass is 16.2. The van der Waals surface area contributed by atoms with Crippen LogP contribution in [-0.4, -0.2) is 35.8 Å². The number of amides is 2. The minimum absolute atomic E-state index is 0.208. The van der Waals surface area contributed by atoms with E-state index in [-0.39, 0.29) is 11.9 Å². The predicted molar refractivity (Wildman–Crippen MR) is 88.5 cm³/mol. The molecule has 0 aromatic carbocycles. The van der Waals surface area contributed by atoms with Gasteiger partial charge in [-0.25, -0.2) is 0 Å². The van der Waals surface area contributed by atoms with E-state index in [1.165, 1.54) is 44.9 Å². The molecule has 0 aromatic rings. The molecule has 0 bridgehead atoms. The van der Waals surface area contributed by atoms with Crippen LogP contribution in [0.25, 0.3) is 0 Å². The smallest absolute Gasteiger partial charge is 0.312 e. The molecule has 4 nitrogen and oxygen atoms in total. The monoisotopic (exact) mass is 308 g/mol. The van der Waals surface area contributed by atoms with E-state index in [9.17, 15) is 9.59 Å². The van der Waals surface area contributed by atoms with Gasteiger partial charge >= 0.3 is 11.8 Å². The molecule has 2 aliphatic rings. The number of nitrogens with one attached hydrogen (secondary N) is 1. The SMILES string of the molecule is CCCC[C@@H]1CNC(=O)C(=O)N1CCCCC1CCCCC1. The number of nitrogens with zero attached hydrogens (tertiary/aromatic N) is 1. The molecule has 0 unspecified atom stereocenters. The molecule has 2 rings (SSSR count). The number of hydrogen-bond acceptors (Lipinski definition) is 2. The fraction of sp³-hybridized carbons (Fsp3) is 0.889. The number of rotatable bonds is 8. The second-order valence-electron chi connectivity index (χ2n) is 7.00. The molecule has 1 aliphatic carbocycles. The Kier molecular flexibility index (Phi) is 7.20.